The van der Waals surface area contributed by atoms with Gasteiger partial charge in [0.1, 0.15) is 11.4 Å². The van der Waals surface area contributed by atoms with Crippen LogP contribution in [0.15, 0.2) is 0 Å². The Hall–Kier alpha value is -1.02. The first-order chi connectivity index (χ1) is 7.75. The van der Waals surface area contributed by atoms with Gasteiger partial charge >= 0.3 is 0 Å². The highest BCUT2D eigenvalue weighted by Gasteiger charge is 2.61. The van der Waals surface area contributed by atoms with E-state index in [2.05, 4.69) is 17.5 Å². The minimum Gasteiger partial charge on any atom is -0.548 e. The Morgan fingerprint density at radius 2 is 2.24 bits per heavy atom. The Kier molecular flexibility index (Phi) is 2.74. The lowest BCUT2D eigenvalue weighted by atomic mass is 9.96. The standard InChI is InChI=1S/C9H13N3O3S2/c1-9(2)4(7(14)15)12-5(13)3(6(12)17-9)11-8(10)16/h3-4,6H,1-2H3,(H,14,15)(H3,10,11,16)/p-1/t3-,4+,6-/m0/s1. The summed E-state index contributed by atoms with van der Waals surface area (Å²) in [7, 11) is 0. The first-order valence-electron chi connectivity index (χ1n) is 5.02. The Morgan fingerprint density at radius 1 is 1.65 bits per heavy atom. The smallest absolute Gasteiger partial charge is 0.249 e. The van der Waals surface area contributed by atoms with Gasteiger partial charge in [-0.1, -0.05) is 0 Å². The molecule has 2 saturated heterocycles. The molecule has 0 radical (unpaired) electrons. The third kappa shape index (κ3) is 1.75. The number of thiocarbonyl (C=S) groups is 1. The van der Waals surface area contributed by atoms with Gasteiger partial charge in [0.25, 0.3) is 0 Å². The molecule has 0 aromatic rings. The summed E-state index contributed by atoms with van der Waals surface area (Å²) in [5.74, 6) is -1.53. The van der Waals surface area contributed by atoms with E-state index in [-0.39, 0.29) is 16.4 Å². The molecule has 2 aliphatic heterocycles. The quantitative estimate of drug-likeness (QED) is 0.444. The number of fused-ring (bicyclic) bond motifs is 1. The molecule has 2 rings (SSSR count). The molecular weight excluding hydrogens is 262 g/mol. The zero-order chi connectivity index (χ0) is 13.0. The molecular formula is C9H12N3O3S2-. The first-order valence-corrected chi connectivity index (χ1v) is 6.31. The Morgan fingerprint density at radius 3 is 2.71 bits per heavy atom. The molecule has 2 heterocycles. The monoisotopic (exact) mass is 274 g/mol. The number of carboxylic acids is 1. The van der Waals surface area contributed by atoms with E-state index in [4.69, 9.17) is 5.73 Å². The average Bonchev–Trinajstić information content (AvgIpc) is 2.43. The topological polar surface area (TPSA) is 98.5 Å². The van der Waals surface area contributed by atoms with E-state index in [1.54, 1.807) is 13.8 Å². The van der Waals surface area contributed by atoms with Crippen LogP contribution in [0.3, 0.4) is 0 Å². The van der Waals surface area contributed by atoms with Gasteiger partial charge in [-0.3, -0.25) is 4.79 Å². The number of carbonyl (C=O) groups is 2. The maximum atomic E-state index is 11.8. The van der Waals surface area contributed by atoms with Crippen LogP contribution in [0.5, 0.6) is 0 Å². The zero-order valence-corrected chi connectivity index (χ0v) is 10.9. The highest BCUT2D eigenvalue weighted by Crippen LogP contribution is 2.50. The summed E-state index contributed by atoms with van der Waals surface area (Å²) < 4.78 is -0.578. The fourth-order valence-electron chi connectivity index (χ4n) is 2.28. The van der Waals surface area contributed by atoms with Gasteiger partial charge in [-0.05, 0) is 26.1 Å². The number of hydrogen-bond donors (Lipinski definition) is 2. The largest absolute Gasteiger partial charge is 0.548 e. The number of hydrogen-bond acceptors (Lipinski definition) is 5. The summed E-state index contributed by atoms with van der Waals surface area (Å²) in [5, 5.41) is 13.6. The molecule has 0 aromatic heterocycles. The van der Waals surface area contributed by atoms with Gasteiger partial charge in [0, 0.05) is 4.75 Å². The van der Waals surface area contributed by atoms with E-state index in [1.807, 2.05) is 0 Å². The molecule has 94 valence electrons. The van der Waals surface area contributed by atoms with Crippen molar-refractivity contribution in [1.29, 1.82) is 0 Å². The number of rotatable bonds is 2. The van der Waals surface area contributed by atoms with Crippen LogP contribution in [0, 0.1) is 0 Å². The van der Waals surface area contributed by atoms with E-state index in [0.717, 1.165) is 0 Å². The van der Waals surface area contributed by atoms with Gasteiger partial charge in [0.2, 0.25) is 5.91 Å². The van der Waals surface area contributed by atoms with Crippen molar-refractivity contribution >= 4 is 41.0 Å². The molecule has 1 amide bonds. The van der Waals surface area contributed by atoms with Crippen molar-refractivity contribution in [2.24, 2.45) is 5.73 Å². The maximum absolute atomic E-state index is 11.8. The average molecular weight is 274 g/mol. The maximum Gasteiger partial charge on any atom is 0.249 e. The molecule has 2 fully saturated rings. The van der Waals surface area contributed by atoms with Crippen LogP contribution in [-0.4, -0.2) is 44.1 Å². The normalized spacial score (nSPS) is 33.9. The molecule has 0 bridgehead atoms. The van der Waals surface area contributed by atoms with Gasteiger partial charge in [0.05, 0.1) is 12.0 Å². The minimum atomic E-state index is -1.23. The second-order valence-electron chi connectivity index (χ2n) is 4.57. The van der Waals surface area contributed by atoms with E-state index in [9.17, 15) is 14.7 Å². The van der Waals surface area contributed by atoms with Crippen LogP contribution >= 0.6 is 24.0 Å². The lowest BCUT2D eigenvalue weighted by Gasteiger charge is -2.45. The van der Waals surface area contributed by atoms with Crippen molar-refractivity contribution in [2.45, 2.75) is 36.1 Å². The molecule has 0 aliphatic carbocycles. The number of nitrogens with one attached hydrogen (secondary N) is 1. The van der Waals surface area contributed by atoms with Crippen LogP contribution in [0.2, 0.25) is 0 Å². The molecule has 17 heavy (non-hydrogen) atoms. The van der Waals surface area contributed by atoms with Crippen molar-refractivity contribution < 1.29 is 14.7 Å². The van der Waals surface area contributed by atoms with Crippen molar-refractivity contribution in [2.75, 3.05) is 0 Å². The van der Waals surface area contributed by atoms with Crippen molar-refractivity contribution in [1.82, 2.24) is 10.2 Å². The molecule has 8 heteroatoms. The fourth-order valence-corrected chi connectivity index (χ4v) is 4.03. The summed E-state index contributed by atoms with van der Waals surface area (Å²) in [6.45, 7) is 3.56. The minimum absolute atomic E-state index is 0.0401. The number of carbonyl (C=O) groups excluding carboxylic acids is 2. The number of β-lactam (4-membered cyclic amide) rings is 1. The van der Waals surface area contributed by atoms with Gasteiger partial charge in [-0.15, -0.1) is 11.8 Å². The van der Waals surface area contributed by atoms with Gasteiger partial charge < -0.3 is 25.9 Å². The fraction of sp³-hybridized carbons (Fsp3) is 0.667. The molecule has 3 N–H and O–H groups in total. The molecule has 0 saturated carbocycles. The van der Waals surface area contributed by atoms with E-state index in [0.29, 0.717) is 0 Å². The predicted molar refractivity (Wildman–Crippen MR) is 64.8 cm³/mol. The molecule has 6 nitrogen and oxygen atoms in total. The Labute approximate surface area is 108 Å². The Bertz CT molecular complexity index is 412. The lowest BCUT2D eigenvalue weighted by Crippen LogP contribution is -2.72. The van der Waals surface area contributed by atoms with Gasteiger partial charge in [-0.25, -0.2) is 0 Å². The summed E-state index contributed by atoms with van der Waals surface area (Å²) >= 11 is 6.10. The van der Waals surface area contributed by atoms with E-state index < -0.39 is 22.8 Å². The molecule has 3 atom stereocenters. The third-order valence-electron chi connectivity index (χ3n) is 2.96. The molecule has 0 aromatic carbocycles. The van der Waals surface area contributed by atoms with Crippen LogP contribution < -0.4 is 16.2 Å². The lowest BCUT2D eigenvalue weighted by molar-refractivity contribution is -0.312. The van der Waals surface area contributed by atoms with E-state index in [1.165, 1.54) is 16.7 Å². The highest BCUT2D eigenvalue weighted by molar-refractivity contribution is 8.01. The second-order valence-corrected chi connectivity index (χ2v) is 6.78. The summed E-state index contributed by atoms with van der Waals surface area (Å²) in [6.07, 6.45) is 0. The number of nitrogens with zero attached hydrogens (tertiary/aromatic N) is 1. The van der Waals surface area contributed by atoms with Crippen molar-refractivity contribution in [3.8, 4) is 0 Å². The van der Waals surface area contributed by atoms with Gasteiger partial charge in [0.15, 0.2) is 5.11 Å². The molecule has 0 unspecified atom stereocenters. The Balaban J connectivity index is 2.21. The number of amides is 1. The number of carboxylic acid groups (broad SMARTS) is 1. The summed E-state index contributed by atoms with van der Waals surface area (Å²) in [4.78, 5) is 24.2. The first kappa shape index (κ1) is 12.4. The van der Waals surface area contributed by atoms with Crippen molar-refractivity contribution in [3.05, 3.63) is 0 Å². The molecule has 2 aliphatic rings. The van der Waals surface area contributed by atoms with E-state index >= 15 is 0 Å². The third-order valence-corrected chi connectivity index (χ3v) is 4.65. The van der Waals surface area contributed by atoms with Crippen LogP contribution in [0.1, 0.15) is 13.8 Å². The number of aliphatic carboxylic acids is 1. The second kappa shape index (κ2) is 3.74. The SMILES string of the molecule is CC1(C)S[C@H]2[C@@H](NC(N)=S)C(=O)N2[C@@H]1C(=O)[O-]. The number of thioether (sulfide) groups is 1. The van der Waals surface area contributed by atoms with Crippen LogP contribution in [0.25, 0.3) is 0 Å². The predicted octanol–water partition coefficient (Wildman–Crippen LogP) is -2.00. The van der Waals surface area contributed by atoms with Gasteiger partial charge in [-0.2, -0.15) is 0 Å². The molecule has 0 spiro atoms. The summed E-state index contributed by atoms with van der Waals surface area (Å²) in [6, 6.07) is -1.43. The number of nitrogens with two attached hydrogens (primary N) is 1. The van der Waals surface area contributed by atoms with Crippen molar-refractivity contribution in [3.63, 3.8) is 0 Å². The zero-order valence-electron chi connectivity index (χ0n) is 9.30. The highest BCUT2D eigenvalue weighted by atomic mass is 32.2. The summed E-state index contributed by atoms with van der Waals surface area (Å²) in [5.41, 5.74) is 5.32. The van der Waals surface area contributed by atoms with Crippen LogP contribution in [-0.2, 0) is 9.59 Å². The van der Waals surface area contributed by atoms with Crippen LogP contribution in [0.4, 0.5) is 0 Å².